The fourth-order valence-electron chi connectivity index (χ4n) is 1.69. The number of halogens is 3. The van der Waals surface area contributed by atoms with Gasteiger partial charge < -0.3 is 0 Å². The zero-order chi connectivity index (χ0) is 14.9. The molecule has 0 aromatic heterocycles. The number of aryl methyl sites for hydroxylation is 1. The Kier molecular flexibility index (Phi) is 4.22. The monoisotopic (exact) mass is 333 g/mol. The van der Waals surface area contributed by atoms with Gasteiger partial charge >= 0.3 is 0 Å². The minimum Gasteiger partial charge on any atom is -0.278 e. The Hall–Kier alpha value is -1.30. The standard InChI is InChI=1S/C13H10Cl2FNO2S/c1-8-6-10(16)3-5-13(8)20(18,19)17-12-7-9(14)2-4-11(12)15/h2-7,17H,1H3. The molecule has 106 valence electrons. The predicted octanol–water partition coefficient (Wildman–Crippen LogP) is 4.24. The lowest BCUT2D eigenvalue weighted by Crippen LogP contribution is -2.14. The van der Waals surface area contributed by atoms with Gasteiger partial charge in [-0.25, -0.2) is 12.8 Å². The van der Waals surface area contributed by atoms with E-state index in [4.69, 9.17) is 23.2 Å². The van der Waals surface area contributed by atoms with Crippen LogP contribution in [0.5, 0.6) is 0 Å². The smallest absolute Gasteiger partial charge is 0.262 e. The Bertz CT molecular complexity index is 763. The molecule has 0 aliphatic heterocycles. The van der Waals surface area contributed by atoms with Crippen LogP contribution in [0.4, 0.5) is 10.1 Å². The minimum absolute atomic E-state index is 0.0186. The van der Waals surface area contributed by atoms with E-state index in [1.54, 1.807) is 6.07 Å². The van der Waals surface area contributed by atoms with Crippen molar-refractivity contribution >= 4 is 38.9 Å². The zero-order valence-electron chi connectivity index (χ0n) is 10.3. The van der Waals surface area contributed by atoms with Crippen molar-refractivity contribution in [3.8, 4) is 0 Å². The molecule has 7 heteroatoms. The highest BCUT2D eigenvalue weighted by Crippen LogP contribution is 2.28. The summed E-state index contributed by atoms with van der Waals surface area (Å²) in [7, 11) is -3.86. The molecular weight excluding hydrogens is 324 g/mol. The first-order valence-corrected chi connectivity index (χ1v) is 7.77. The molecule has 3 nitrogen and oxygen atoms in total. The molecule has 2 rings (SSSR count). The number of sulfonamides is 1. The molecular formula is C13H10Cl2FNO2S. The van der Waals surface area contributed by atoms with Gasteiger partial charge in [0.15, 0.2) is 0 Å². The summed E-state index contributed by atoms with van der Waals surface area (Å²) in [5.74, 6) is -0.498. The molecule has 2 aromatic rings. The molecule has 0 saturated carbocycles. The molecule has 0 unspecified atom stereocenters. The van der Waals surface area contributed by atoms with Crippen molar-refractivity contribution < 1.29 is 12.8 Å². The van der Waals surface area contributed by atoms with Gasteiger partial charge in [-0.1, -0.05) is 23.2 Å². The summed E-state index contributed by atoms with van der Waals surface area (Å²) >= 11 is 11.7. The van der Waals surface area contributed by atoms with Crippen LogP contribution in [0.1, 0.15) is 5.56 Å². The topological polar surface area (TPSA) is 46.2 Å². The van der Waals surface area contributed by atoms with Crippen molar-refractivity contribution in [2.24, 2.45) is 0 Å². The Morgan fingerprint density at radius 1 is 1.10 bits per heavy atom. The molecule has 0 spiro atoms. The highest BCUT2D eigenvalue weighted by Gasteiger charge is 2.18. The number of nitrogens with one attached hydrogen (secondary N) is 1. The number of anilines is 1. The average molecular weight is 334 g/mol. The molecule has 0 atom stereocenters. The quantitative estimate of drug-likeness (QED) is 0.912. The van der Waals surface area contributed by atoms with E-state index in [0.29, 0.717) is 10.6 Å². The normalized spacial score (nSPS) is 11.4. The Morgan fingerprint density at radius 2 is 1.80 bits per heavy atom. The third-order valence-electron chi connectivity index (χ3n) is 2.60. The van der Waals surface area contributed by atoms with E-state index in [-0.39, 0.29) is 15.6 Å². The van der Waals surface area contributed by atoms with E-state index in [1.165, 1.54) is 25.1 Å². The van der Waals surface area contributed by atoms with Crippen LogP contribution in [0.15, 0.2) is 41.3 Å². The van der Waals surface area contributed by atoms with Gasteiger partial charge in [-0.2, -0.15) is 0 Å². The van der Waals surface area contributed by atoms with E-state index >= 15 is 0 Å². The van der Waals surface area contributed by atoms with Crippen LogP contribution in [-0.2, 0) is 10.0 Å². The number of benzene rings is 2. The van der Waals surface area contributed by atoms with E-state index < -0.39 is 15.8 Å². The Labute approximate surface area is 126 Å². The van der Waals surface area contributed by atoms with Crippen molar-refractivity contribution in [2.45, 2.75) is 11.8 Å². The van der Waals surface area contributed by atoms with Crippen LogP contribution in [0.2, 0.25) is 10.0 Å². The first-order valence-electron chi connectivity index (χ1n) is 5.53. The first kappa shape index (κ1) is 15.1. The Balaban J connectivity index is 2.43. The molecule has 0 bridgehead atoms. The fraction of sp³-hybridized carbons (Fsp3) is 0.0769. The molecule has 1 N–H and O–H groups in total. The lowest BCUT2D eigenvalue weighted by atomic mass is 10.2. The third-order valence-corrected chi connectivity index (χ3v) is 4.69. The SMILES string of the molecule is Cc1cc(F)ccc1S(=O)(=O)Nc1cc(Cl)ccc1Cl. The lowest BCUT2D eigenvalue weighted by molar-refractivity contribution is 0.598. The van der Waals surface area contributed by atoms with Crippen LogP contribution < -0.4 is 4.72 Å². The fourth-order valence-corrected chi connectivity index (χ4v) is 3.38. The third kappa shape index (κ3) is 3.23. The lowest BCUT2D eigenvalue weighted by Gasteiger charge is -2.11. The summed E-state index contributed by atoms with van der Waals surface area (Å²) in [6.07, 6.45) is 0. The second kappa shape index (κ2) is 5.60. The summed E-state index contributed by atoms with van der Waals surface area (Å²) in [4.78, 5) is -0.0186. The maximum atomic E-state index is 13.0. The Morgan fingerprint density at radius 3 is 2.45 bits per heavy atom. The van der Waals surface area contributed by atoms with Crippen molar-refractivity contribution in [2.75, 3.05) is 4.72 Å². The second-order valence-electron chi connectivity index (χ2n) is 4.14. The van der Waals surface area contributed by atoms with Crippen molar-refractivity contribution in [1.29, 1.82) is 0 Å². The summed E-state index contributed by atoms with van der Waals surface area (Å²) in [6, 6.07) is 7.87. The maximum absolute atomic E-state index is 13.0. The summed E-state index contributed by atoms with van der Waals surface area (Å²) in [5, 5.41) is 0.570. The first-order chi connectivity index (χ1) is 9.29. The van der Waals surface area contributed by atoms with Gasteiger partial charge in [-0.05, 0) is 48.9 Å². The van der Waals surface area contributed by atoms with E-state index in [9.17, 15) is 12.8 Å². The number of hydrogen-bond donors (Lipinski definition) is 1. The molecule has 2 aromatic carbocycles. The van der Waals surface area contributed by atoms with Crippen LogP contribution >= 0.6 is 23.2 Å². The summed E-state index contributed by atoms with van der Waals surface area (Å²) in [5.41, 5.74) is 0.471. The summed E-state index contributed by atoms with van der Waals surface area (Å²) in [6.45, 7) is 1.51. The van der Waals surface area contributed by atoms with E-state index in [0.717, 1.165) is 12.1 Å². The van der Waals surface area contributed by atoms with Gasteiger partial charge in [0.05, 0.1) is 15.6 Å². The van der Waals surface area contributed by atoms with Crippen molar-refractivity contribution in [3.63, 3.8) is 0 Å². The molecule has 0 aliphatic rings. The van der Waals surface area contributed by atoms with Gasteiger partial charge in [-0.3, -0.25) is 4.72 Å². The van der Waals surface area contributed by atoms with E-state index in [2.05, 4.69) is 4.72 Å². The van der Waals surface area contributed by atoms with E-state index in [1.807, 2.05) is 0 Å². The number of hydrogen-bond acceptors (Lipinski definition) is 2. The van der Waals surface area contributed by atoms with Crippen molar-refractivity contribution in [1.82, 2.24) is 0 Å². The number of rotatable bonds is 3. The molecule has 0 saturated heterocycles. The zero-order valence-corrected chi connectivity index (χ0v) is 12.7. The van der Waals surface area contributed by atoms with Crippen molar-refractivity contribution in [3.05, 3.63) is 57.8 Å². The largest absolute Gasteiger partial charge is 0.278 e. The average Bonchev–Trinajstić information content (AvgIpc) is 2.33. The van der Waals surface area contributed by atoms with Gasteiger partial charge in [0.2, 0.25) is 0 Å². The molecule has 0 aliphatic carbocycles. The predicted molar refractivity (Wildman–Crippen MR) is 78.4 cm³/mol. The van der Waals surface area contributed by atoms with Gasteiger partial charge in [-0.15, -0.1) is 0 Å². The molecule has 0 fully saturated rings. The highest BCUT2D eigenvalue weighted by atomic mass is 35.5. The van der Waals surface area contributed by atoms with Gasteiger partial charge in [0.1, 0.15) is 5.82 Å². The molecule has 0 heterocycles. The van der Waals surface area contributed by atoms with Crippen LogP contribution in [0.3, 0.4) is 0 Å². The molecule has 0 amide bonds. The molecule has 0 radical (unpaired) electrons. The maximum Gasteiger partial charge on any atom is 0.262 e. The molecule has 20 heavy (non-hydrogen) atoms. The van der Waals surface area contributed by atoms with Crippen LogP contribution in [0.25, 0.3) is 0 Å². The van der Waals surface area contributed by atoms with Gasteiger partial charge in [0.25, 0.3) is 10.0 Å². The second-order valence-corrected chi connectivity index (χ2v) is 6.63. The van der Waals surface area contributed by atoms with Gasteiger partial charge in [0, 0.05) is 5.02 Å². The highest BCUT2D eigenvalue weighted by molar-refractivity contribution is 7.92. The summed E-state index contributed by atoms with van der Waals surface area (Å²) < 4.78 is 39.9. The van der Waals surface area contributed by atoms with Crippen LogP contribution in [-0.4, -0.2) is 8.42 Å². The minimum atomic E-state index is -3.86. The van der Waals surface area contributed by atoms with Crippen LogP contribution in [0, 0.1) is 12.7 Å².